The van der Waals surface area contributed by atoms with E-state index in [1.54, 1.807) is 0 Å². The molecule has 0 unspecified atom stereocenters. The molecule has 0 heterocycles. The normalized spacial score (nSPS) is 11.3. The Labute approximate surface area is 150 Å². The van der Waals surface area contributed by atoms with Crippen LogP contribution in [-0.4, -0.2) is 0 Å². The third-order valence-corrected chi connectivity index (χ3v) is 7.05. The van der Waals surface area contributed by atoms with Crippen molar-refractivity contribution in [3.8, 4) is 0 Å². The minimum Gasteiger partial charge on any atom is -0.317 e. The Morgan fingerprint density at radius 1 is 0.739 bits per heavy atom. The first kappa shape index (κ1) is 16.4. The molecular weight excluding hydrogens is 418 g/mol. The Bertz CT molecular complexity index is 776. The molecule has 0 aliphatic carbocycles. The van der Waals surface area contributed by atoms with Gasteiger partial charge in [0.2, 0.25) is 0 Å². The second-order valence-electron chi connectivity index (χ2n) is 5.09. The van der Waals surface area contributed by atoms with E-state index in [0.717, 1.165) is 19.7 Å². The van der Waals surface area contributed by atoms with Crippen LogP contribution in [0.3, 0.4) is 0 Å². The fraction of sp³-hybridized carbons (Fsp3) is 0.0526. The van der Waals surface area contributed by atoms with Gasteiger partial charge in [-0.15, -0.1) is 0 Å². The third kappa shape index (κ3) is 3.74. The molecule has 0 spiro atoms. The molecule has 0 N–H and O–H groups in total. The lowest BCUT2D eigenvalue weighted by molar-refractivity contribution is 0.315. The standard InChI is InChI=1S/C19H16IO2P/c20-19-14-8-7-9-16(19)15-22-23(21,17-10-3-1-4-11-17)18-12-5-2-6-13-18/h1-14H,15H2. The summed E-state index contributed by atoms with van der Waals surface area (Å²) in [6.07, 6.45) is 0. The SMILES string of the molecule is O=P(OCc1ccccc1I)(c1ccccc1)c1ccccc1. The van der Waals surface area contributed by atoms with Crippen molar-refractivity contribution in [2.24, 2.45) is 0 Å². The Hall–Kier alpha value is -1.42. The summed E-state index contributed by atoms with van der Waals surface area (Å²) in [6.45, 7) is 0.320. The quantitative estimate of drug-likeness (QED) is 0.429. The van der Waals surface area contributed by atoms with Gasteiger partial charge >= 0.3 is 0 Å². The molecule has 0 aliphatic heterocycles. The zero-order valence-electron chi connectivity index (χ0n) is 12.4. The summed E-state index contributed by atoms with van der Waals surface area (Å²) in [5.74, 6) is 0. The maximum absolute atomic E-state index is 13.7. The highest BCUT2D eigenvalue weighted by atomic mass is 127. The van der Waals surface area contributed by atoms with Crippen molar-refractivity contribution in [1.82, 2.24) is 0 Å². The molecular formula is C19H16IO2P. The maximum Gasteiger partial charge on any atom is 0.261 e. The summed E-state index contributed by atoms with van der Waals surface area (Å²) in [6, 6.07) is 26.8. The van der Waals surface area contributed by atoms with Crippen LogP contribution in [0, 0.1) is 3.57 Å². The third-order valence-electron chi connectivity index (χ3n) is 3.55. The number of halogens is 1. The molecule has 0 radical (unpaired) electrons. The highest BCUT2D eigenvalue weighted by Gasteiger charge is 2.28. The predicted octanol–water partition coefficient (Wildman–Crippen LogP) is 4.74. The van der Waals surface area contributed by atoms with Crippen molar-refractivity contribution in [2.75, 3.05) is 0 Å². The summed E-state index contributed by atoms with van der Waals surface area (Å²) in [5.41, 5.74) is 1.04. The van der Waals surface area contributed by atoms with E-state index < -0.39 is 7.37 Å². The molecule has 0 atom stereocenters. The van der Waals surface area contributed by atoms with Gasteiger partial charge in [-0.1, -0.05) is 54.6 Å². The van der Waals surface area contributed by atoms with Gasteiger partial charge in [-0.2, -0.15) is 0 Å². The monoisotopic (exact) mass is 434 g/mol. The summed E-state index contributed by atoms with van der Waals surface area (Å²) in [5, 5.41) is 1.44. The largest absolute Gasteiger partial charge is 0.317 e. The van der Waals surface area contributed by atoms with Crippen LogP contribution >= 0.6 is 30.0 Å². The van der Waals surface area contributed by atoms with Crippen LogP contribution in [0.4, 0.5) is 0 Å². The minimum atomic E-state index is -3.11. The Morgan fingerprint density at radius 2 is 1.22 bits per heavy atom. The minimum absolute atomic E-state index is 0.320. The second-order valence-corrected chi connectivity index (χ2v) is 8.64. The van der Waals surface area contributed by atoms with Crippen LogP contribution in [0.5, 0.6) is 0 Å². The van der Waals surface area contributed by atoms with E-state index in [-0.39, 0.29) is 0 Å². The first-order valence-corrected chi connectivity index (χ1v) is 10.00. The summed E-state index contributed by atoms with van der Waals surface area (Å²) < 4.78 is 20.8. The van der Waals surface area contributed by atoms with Crippen LogP contribution < -0.4 is 10.6 Å². The topological polar surface area (TPSA) is 26.3 Å². The van der Waals surface area contributed by atoms with Gasteiger partial charge in [-0.05, 0) is 58.5 Å². The van der Waals surface area contributed by atoms with Crippen molar-refractivity contribution in [3.63, 3.8) is 0 Å². The van der Waals surface area contributed by atoms with Crippen LogP contribution in [-0.2, 0) is 15.7 Å². The zero-order valence-corrected chi connectivity index (χ0v) is 15.5. The highest BCUT2D eigenvalue weighted by molar-refractivity contribution is 14.1. The van der Waals surface area contributed by atoms with E-state index in [1.165, 1.54) is 0 Å². The maximum atomic E-state index is 13.7. The van der Waals surface area contributed by atoms with E-state index in [4.69, 9.17) is 4.52 Å². The van der Waals surface area contributed by atoms with Gasteiger partial charge in [-0.25, -0.2) is 0 Å². The average Bonchev–Trinajstić information content (AvgIpc) is 2.62. The molecule has 3 aromatic rings. The molecule has 3 aromatic carbocycles. The number of benzene rings is 3. The fourth-order valence-electron chi connectivity index (χ4n) is 2.32. The molecule has 23 heavy (non-hydrogen) atoms. The van der Waals surface area contributed by atoms with Crippen LogP contribution in [0.1, 0.15) is 5.56 Å². The lowest BCUT2D eigenvalue weighted by Crippen LogP contribution is -2.18. The lowest BCUT2D eigenvalue weighted by Gasteiger charge is -2.20. The van der Waals surface area contributed by atoms with Crippen molar-refractivity contribution < 1.29 is 9.09 Å². The molecule has 0 aliphatic rings. The van der Waals surface area contributed by atoms with Gasteiger partial charge in [0.25, 0.3) is 7.37 Å². The number of rotatable bonds is 5. The molecule has 0 saturated carbocycles. The Kier molecular flexibility index (Phi) is 5.31. The van der Waals surface area contributed by atoms with E-state index >= 15 is 0 Å². The predicted molar refractivity (Wildman–Crippen MR) is 104 cm³/mol. The second kappa shape index (κ2) is 7.43. The highest BCUT2D eigenvalue weighted by Crippen LogP contribution is 2.45. The molecule has 2 nitrogen and oxygen atoms in total. The van der Waals surface area contributed by atoms with Crippen molar-refractivity contribution in [3.05, 3.63) is 94.1 Å². The summed E-state index contributed by atoms with van der Waals surface area (Å²) >= 11 is 2.27. The van der Waals surface area contributed by atoms with Gasteiger partial charge in [0, 0.05) is 14.2 Å². The smallest absolute Gasteiger partial charge is 0.261 e. The van der Waals surface area contributed by atoms with E-state index in [0.29, 0.717) is 6.61 Å². The molecule has 0 fully saturated rings. The van der Waals surface area contributed by atoms with Crippen molar-refractivity contribution in [1.29, 1.82) is 0 Å². The fourth-order valence-corrected chi connectivity index (χ4v) is 4.91. The molecule has 0 saturated heterocycles. The molecule has 0 bridgehead atoms. The lowest BCUT2D eigenvalue weighted by atomic mass is 10.2. The van der Waals surface area contributed by atoms with Crippen LogP contribution in [0.25, 0.3) is 0 Å². The number of hydrogen-bond acceptors (Lipinski definition) is 2. The average molecular weight is 434 g/mol. The van der Waals surface area contributed by atoms with E-state index in [9.17, 15) is 4.57 Å². The van der Waals surface area contributed by atoms with E-state index in [1.807, 2.05) is 84.9 Å². The Balaban J connectivity index is 1.97. The number of hydrogen-bond donors (Lipinski definition) is 0. The van der Waals surface area contributed by atoms with E-state index in [2.05, 4.69) is 22.6 Å². The summed E-state index contributed by atoms with van der Waals surface area (Å²) in [4.78, 5) is 0. The zero-order chi connectivity index (χ0) is 16.1. The van der Waals surface area contributed by atoms with Gasteiger partial charge in [-0.3, -0.25) is 4.57 Å². The van der Waals surface area contributed by atoms with Crippen molar-refractivity contribution >= 4 is 40.6 Å². The summed E-state index contributed by atoms with van der Waals surface area (Å²) in [7, 11) is -3.11. The van der Waals surface area contributed by atoms with Gasteiger partial charge in [0.05, 0.1) is 6.61 Å². The first-order chi connectivity index (χ1) is 11.2. The molecule has 0 aromatic heterocycles. The van der Waals surface area contributed by atoms with Crippen molar-refractivity contribution in [2.45, 2.75) is 6.61 Å². The molecule has 116 valence electrons. The van der Waals surface area contributed by atoms with Crippen LogP contribution in [0.15, 0.2) is 84.9 Å². The van der Waals surface area contributed by atoms with Gasteiger partial charge in [0.15, 0.2) is 0 Å². The first-order valence-electron chi connectivity index (χ1n) is 7.29. The Morgan fingerprint density at radius 3 is 1.74 bits per heavy atom. The molecule has 0 amide bonds. The van der Waals surface area contributed by atoms with Gasteiger partial charge < -0.3 is 4.52 Å². The van der Waals surface area contributed by atoms with Gasteiger partial charge in [0.1, 0.15) is 0 Å². The molecule has 4 heteroatoms. The molecule has 3 rings (SSSR count). The van der Waals surface area contributed by atoms with Crippen LogP contribution in [0.2, 0.25) is 0 Å².